The maximum Gasteiger partial charge on any atom is 0.273 e. The Morgan fingerprint density at radius 3 is 3.00 bits per heavy atom. The number of halogens is 2. The van der Waals surface area contributed by atoms with Gasteiger partial charge in [0.1, 0.15) is 12.6 Å². The summed E-state index contributed by atoms with van der Waals surface area (Å²) >= 11 is 0. The van der Waals surface area contributed by atoms with Crippen LogP contribution in [0, 0.1) is 11.6 Å². The van der Waals surface area contributed by atoms with Crippen molar-refractivity contribution >= 4 is 6.40 Å². The number of aliphatic imine (C=N–C) groups is 1. The molecule has 0 saturated heterocycles. The molecule has 0 aromatic heterocycles. The first-order valence-electron chi connectivity index (χ1n) is 3.79. The van der Waals surface area contributed by atoms with E-state index in [-0.39, 0.29) is 12.2 Å². The molecule has 0 aliphatic carbocycles. The summed E-state index contributed by atoms with van der Waals surface area (Å²) in [6.45, 7) is 0.223. The molecule has 0 spiro atoms. The van der Waals surface area contributed by atoms with Gasteiger partial charge in [0.15, 0.2) is 11.6 Å². The zero-order valence-electron chi connectivity index (χ0n) is 6.63. The molecule has 1 unspecified atom stereocenters. The van der Waals surface area contributed by atoms with Crippen LogP contribution < -0.4 is 0 Å². The third kappa shape index (κ3) is 1.39. The van der Waals surface area contributed by atoms with Crippen molar-refractivity contribution in [3.63, 3.8) is 0 Å². The molecule has 0 fully saturated rings. The van der Waals surface area contributed by atoms with Crippen molar-refractivity contribution in [3.8, 4) is 0 Å². The van der Waals surface area contributed by atoms with Crippen molar-refractivity contribution < 1.29 is 13.5 Å². The van der Waals surface area contributed by atoms with Crippen molar-refractivity contribution in [2.45, 2.75) is 6.04 Å². The van der Waals surface area contributed by atoms with Gasteiger partial charge in [-0.15, -0.1) is 0 Å². The molecule has 1 heterocycles. The number of hydrogen-bond donors (Lipinski definition) is 0. The average molecular weight is 182 g/mol. The van der Waals surface area contributed by atoms with E-state index in [1.54, 1.807) is 0 Å². The SMILES string of the molecule is Fc1cccc(C2CO[C]=N2)c1F. The lowest BCUT2D eigenvalue weighted by Gasteiger charge is -2.06. The molecule has 13 heavy (non-hydrogen) atoms. The third-order valence-electron chi connectivity index (χ3n) is 1.85. The molecule has 1 aliphatic rings. The largest absolute Gasteiger partial charge is 0.471 e. The molecule has 1 aliphatic heterocycles. The Balaban J connectivity index is 2.39. The van der Waals surface area contributed by atoms with E-state index in [1.165, 1.54) is 12.1 Å². The Kier molecular flexibility index (Phi) is 1.96. The van der Waals surface area contributed by atoms with Gasteiger partial charge in [0.05, 0.1) is 0 Å². The van der Waals surface area contributed by atoms with E-state index in [4.69, 9.17) is 4.74 Å². The van der Waals surface area contributed by atoms with E-state index in [0.29, 0.717) is 0 Å². The quantitative estimate of drug-likeness (QED) is 0.650. The maximum absolute atomic E-state index is 13.1. The summed E-state index contributed by atoms with van der Waals surface area (Å²) in [5.41, 5.74) is 0.213. The number of benzene rings is 1. The van der Waals surface area contributed by atoms with Gasteiger partial charge in [-0.3, -0.25) is 0 Å². The van der Waals surface area contributed by atoms with Crippen molar-refractivity contribution in [2.75, 3.05) is 6.61 Å². The molecule has 1 atom stereocenters. The second-order valence-electron chi connectivity index (χ2n) is 2.69. The predicted octanol–water partition coefficient (Wildman–Crippen LogP) is 1.94. The van der Waals surface area contributed by atoms with Gasteiger partial charge in [0.2, 0.25) is 0 Å². The summed E-state index contributed by atoms with van der Waals surface area (Å²) in [6, 6.07) is 3.54. The van der Waals surface area contributed by atoms with E-state index < -0.39 is 17.7 Å². The molecule has 0 saturated carbocycles. The van der Waals surface area contributed by atoms with Gasteiger partial charge in [-0.25, -0.2) is 13.8 Å². The van der Waals surface area contributed by atoms with Crippen LogP contribution in [-0.4, -0.2) is 13.0 Å². The lowest BCUT2D eigenvalue weighted by molar-refractivity contribution is 0.326. The Morgan fingerprint density at radius 2 is 2.31 bits per heavy atom. The molecule has 0 N–H and O–H groups in total. The van der Waals surface area contributed by atoms with Crippen LogP contribution in [0.1, 0.15) is 11.6 Å². The van der Waals surface area contributed by atoms with Crippen molar-refractivity contribution in [2.24, 2.45) is 4.99 Å². The highest BCUT2D eigenvalue weighted by atomic mass is 19.2. The first-order chi connectivity index (χ1) is 6.29. The molecule has 4 heteroatoms. The third-order valence-corrected chi connectivity index (χ3v) is 1.85. The fourth-order valence-electron chi connectivity index (χ4n) is 1.19. The van der Waals surface area contributed by atoms with Crippen LogP contribution >= 0.6 is 0 Å². The van der Waals surface area contributed by atoms with Gasteiger partial charge in [-0.2, -0.15) is 0 Å². The topological polar surface area (TPSA) is 21.6 Å². The molecule has 0 bridgehead atoms. The second-order valence-corrected chi connectivity index (χ2v) is 2.69. The summed E-state index contributed by atoms with van der Waals surface area (Å²) in [6.07, 6.45) is 2.25. The van der Waals surface area contributed by atoms with Crippen molar-refractivity contribution in [1.29, 1.82) is 0 Å². The summed E-state index contributed by atoms with van der Waals surface area (Å²) in [5.74, 6) is -1.72. The van der Waals surface area contributed by atoms with Crippen molar-refractivity contribution in [3.05, 3.63) is 35.4 Å². The van der Waals surface area contributed by atoms with Gasteiger partial charge in [0, 0.05) is 5.56 Å². The van der Waals surface area contributed by atoms with Crippen LogP contribution in [0.5, 0.6) is 0 Å². The molecule has 1 aromatic rings. The summed E-state index contributed by atoms with van der Waals surface area (Å²) < 4.78 is 30.6. The van der Waals surface area contributed by atoms with E-state index in [0.717, 1.165) is 6.07 Å². The summed E-state index contributed by atoms with van der Waals surface area (Å²) in [5, 5.41) is 0. The highest BCUT2D eigenvalue weighted by Crippen LogP contribution is 2.24. The van der Waals surface area contributed by atoms with Crippen LogP contribution in [0.4, 0.5) is 8.78 Å². The Labute approximate surface area is 73.9 Å². The number of rotatable bonds is 1. The average Bonchev–Trinajstić information content (AvgIpc) is 2.62. The normalized spacial score (nSPS) is 20.3. The predicted molar refractivity (Wildman–Crippen MR) is 42.5 cm³/mol. The van der Waals surface area contributed by atoms with Crippen molar-refractivity contribution in [1.82, 2.24) is 0 Å². The summed E-state index contributed by atoms with van der Waals surface area (Å²) in [7, 11) is 0. The molecule has 0 amide bonds. The van der Waals surface area contributed by atoms with Gasteiger partial charge in [-0.05, 0) is 6.07 Å². The van der Waals surface area contributed by atoms with E-state index in [9.17, 15) is 8.78 Å². The minimum Gasteiger partial charge on any atom is -0.471 e. The second kappa shape index (κ2) is 3.12. The Bertz CT molecular complexity index is 351. The zero-order valence-corrected chi connectivity index (χ0v) is 6.63. The molecule has 67 valence electrons. The van der Waals surface area contributed by atoms with E-state index in [1.807, 2.05) is 0 Å². The minimum absolute atomic E-state index is 0.213. The summed E-state index contributed by atoms with van der Waals surface area (Å²) in [4.78, 5) is 3.73. The van der Waals surface area contributed by atoms with Crippen LogP contribution in [0.25, 0.3) is 0 Å². The lowest BCUT2D eigenvalue weighted by Crippen LogP contribution is -2.02. The van der Waals surface area contributed by atoms with Crippen LogP contribution in [0.3, 0.4) is 0 Å². The molecular formula is C9H6F2NO. The number of nitrogens with zero attached hydrogens (tertiary/aromatic N) is 1. The first kappa shape index (κ1) is 8.16. The first-order valence-corrected chi connectivity index (χ1v) is 3.79. The maximum atomic E-state index is 13.1. The molecule has 1 radical (unpaired) electrons. The molecular weight excluding hydrogens is 176 g/mol. The van der Waals surface area contributed by atoms with Gasteiger partial charge >= 0.3 is 0 Å². The monoisotopic (exact) mass is 182 g/mol. The molecule has 2 rings (SSSR count). The fourth-order valence-corrected chi connectivity index (χ4v) is 1.19. The van der Waals surface area contributed by atoms with Gasteiger partial charge in [0.25, 0.3) is 6.40 Å². The Hall–Kier alpha value is -1.45. The standard InChI is InChI=1S/C9H6F2NO/c10-7-3-1-2-6(9(7)11)8-4-13-5-12-8/h1-3,8H,4H2. The number of ether oxygens (including phenoxy) is 1. The van der Waals surface area contributed by atoms with Crippen LogP contribution in [0.2, 0.25) is 0 Å². The fraction of sp³-hybridized carbons (Fsp3) is 0.222. The van der Waals surface area contributed by atoms with Crippen LogP contribution in [-0.2, 0) is 4.74 Å². The van der Waals surface area contributed by atoms with E-state index >= 15 is 0 Å². The van der Waals surface area contributed by atoms with E-state index in [2.05, 4.69) is 11.4 Å². The Morgan fingerprint density at radius 1 is 1.46 bits per heavy atom. The number of hydrogen-bond acceptors (Lipinski definition) is 2. The van der Waals surface area contributed by atoms with Crippen LogP contribution in [0.15, 0.2) is 23.2 Å². The highest BCUT2D eigenvalue weighted by molar-refractivity contribution is 5.50. The minimum atomic E-state index is -0.861. The molecule has 1 aromatic carbocycles. The molecule has 2 nitrogen and oxygen atoms in total. The zero-order chi connectivity index (χ0) is 9.26. The van der Waals surface area contributed by atoms with Gasteiger partial charge in [-0.1, -0.05) is 12.1 Å². The lowest BCUT2D eigenvalue weighted by atomic mass is 10.1. The smallest absolute Gasteiger partial charge is 0.273 e. The van der Waals surface area contributed by atoms with Gasteiger partial charge < -0.3 is 4.74 Å². The highest BCUT2D eigenvalue weighted by Gasteiger charge is 2.20.